The molecule has 2 aromatic rings. The Morgan fingerprint density at radius 2 is 1.87 bits per heavy atom. The van der Waals surface area contributed by atoms with Gasteiger partial charge in [0.25, 0.3) is 5.91 Å². The molecule has 0 aromatic heterocycles. The van der Waals surface area contributed by atoms with Gasteiger partial charge in [-0.3, -0.25) is 4.79 Å². The zero-order valence-corrected chi connectivity index (χ0v) is 19.3. The van der Waals surface area contributed by atoms with Gasteiger partial charge < -0.3 is 9.64 Å². The van der Waals surface area contributed by atoms with Gasteiger partial charge in [-0.1, -0.05) is 6.92 Å². The van der Waals surface area contributed by atoms with Crippen LogP contribution >= 0.6 is 11.8 Å². The molecule has 0 bridgehead atoms. The predicted molar refractivity (Wildman–Crippen MR) is 120 cm³/mol. The normalized spacial score (nSPS) is 15.1. The van der Waals surface area contributed by atoms with Gasteiger partial charge in [0.05, 0.1) is 10.5 Å². The van der Waals surface area contributed by atoms with Crippen molar-refractivity contribution in [2.24, 2.45) is 5.92 Å². The maximum Gasteiger partial charge on any atom is 0.255 e. The van der Waals surface area contributed by atoms with Crippen LogP contribution in [0.5, 0.6) is 5.75 Å². The Labute approximate surface area is 187 Å². The molecule has 1 aliphatic rings. The van der Waals surface area contributed by atoms with Gasteiger partial charge >= 0.3 is 0 Å². The van der Waals surface area contributed by atoms with E-state index < -0.39 is 10.0 Å². The molecule has 0 radical (unpaired) electrons. The van der Waals surface area contributed by atoms with E-state index >= 15 is 0 Å². The second kappa shape index (κ2) is 10.5. The summed E-state index contributed by atoms with van der Waals surface area (Å²) < 4.78 is 46.3. The lowest BCUT2D eigenvalue weighted by molar-refractivity contribution is 0.0693. The number of nitrogens with one attached hydrogen (secondary N) is 1. The van der Waals surface area contributed by atoms with Crippen LogP contribution in [-0.4, -0.2) is 51.7 Å². The summed E-state index contributed by atoms with van der Waals surface area (Å²) in [7, 11) is -3.81. The van der Waals surface area contributed by atoms with Crippen LogP contribution in [0.3, 0.4) is 0 Å². The van der Waals surface area contributed by atoms with Crippen LogP contribution < -0.4 is 9.46 Å². The number of hydrogen-bond acceptors (Lipinski definition) is 5. The molecule has 1 aliphatic heterocycles. The zero-order valence-electron chi connectivity index (χ0n) is 17.6. The smallest absolute Gasteiger partial charge is 0.255 e. The average Bonchev–Trinajstić information content (AvgIpc) is 2.77. The molecule has 1 fully saturated rings. The Bertz CT molecular complexity index is 1000. The Morgan fingerprint density at radius 3 is 2.52 bits per heavy atom. The summed E-state index contributed by atoms with van der Waals surface area (Å²) in [6, 6.07) is 10.1. The Hall–Kier alpha value is -2.10. The number of thioether (sulfide) groups is 1. The largest absolute Gasteiger partial charge is 0.492 e. The van der Waals surface area contributed by atoms with Crippen LogP contribution in [0, 0.1) is 11.7 Å². The Morgan fingerprint density at radius 1 is 1.19 bits per heavy atom. The summed E-state index contributed by atoms with van der Waals surface area (Å²) in [6.07, 6.45) is 3.77. The fraction of sp³-hybridized carbons (Fsp3) is 0.409. The van der Waals surface area contributed by atoms with E-state index in [-0.39, 0.29) is 29.8 Å². The van der Waals surface area contributed by atoms with Crippen molar-refractivity contribution in [1.29, 1.82) is 0 Å². The van der Waals surface area contributed by atoms with E-state index in [1.165, 1.54) is 48.2 Å². The maximum atomic E-state index is 13.1. The number of carbonyl (C=O) groups is 1. The van der Waals surface area contributed by atoms with E-state index in [1.807, 2.05) is 6.26 Å². The first-order valence-electron chi connectivity index (χ1n) is 10.2. The molecule has 0 spiro atoms. The molecule has 6 nitrogen and oxygen atoms in total. The minimum atomic E-state index is -3.81. The van der Waals surface area contributed by atoms with Crippen LogP contribution in [-0.2, 0) is 10.0 Å². The topological polar surface area (TPSA) is 75.7 Å². The third-order valence-electron chi connectivity index (χ3n) is 5.26. The van der Waals surface area contributed by atoms with Crippen LogP contribution in [0.25, 0.3) is 0 Å². The van der Waals surface area contributed by atoms with Gasteiger partial charge in [-0.05, 0) is 67.5 Å². The number of amides is 1. The van der Waals surface area contributed by atoms with E-state index in [1.54, 1.807) is 11.0 Å². The minimum absolute atomic E-state index is 0.0390. The highest BCUT2D eigenvalue weighted by atomic mass is 32.2. The summed E-state index contributed by atoms with van der Waals surface area (Å²) in [5, 5.41) is 0. The Kier molecular flexibility index (Phi) is 7.96. The molecule has 0 unspecified atom stereocenters. The predicted octanol–water partition coefficient (Wildman–Crippen LogP) is 3.78. The van der Waals surface area contributed by atoms with Crippen LogP contribution in [0.15, 0.2) is 52.3 Å². The molecule has 1 heterocycles. The second-order valence-corrected chi connectivity index (χ2v) is 10.2. The summed E-state index contributed by atoms with van der Waals surface area (Å²) in [5.74, 6) is 0.546. The number of carbonyl (C=O) groups excluding carboxylic acids is 1. The van der Waals surface area contributed by atoms with E-state index in [2.05, 4.69) is 11.6 Å². The monoisotopic (exact) mass is 466 g/mol. The van der Waals surface area contributed by atoms with Crippen molar-refractivity contribution in [2.45, 2.75) is 29.6 Å². The van der Waals surface area contributed by atoms with E-state index in [4.69, 9.17) is 4.74 Å². The molecular weight excluding hydrogens is 439 g/mol. The Balaban J connectivity index is 1.67. The van der Waals surface area contributed by atoms with Gasteiger partial charge in [0.15, 0.2) is 0 Å². The number of rotatable bonds is 8. The fourth-order valence-electron chi connectivity index (χ4n) is 3.36. The number of likely N-dealkylation sites (tertiary alicyclic amines) is 1. The standard InChI is InChI=1S/C22H27FN2O4S2/c1-16-9-12-25(13-10-16)22(26)20-15-19(7-8-21(20)30-2)31(27,28)24-11-14-29-18-5-3-17(23)4-6-18/h3-8,15-16,24H,9-14H2,1-2H3. The van der Waals surface area contributed by atoms with Crippen LogP contribution in [0.2, 0.25) is 0 Å². The highest BCUT2D eigenvalue weighted by Gasteiger charge is 2.25. The van der Waals surface area contributed by atoms with Crippen molar-refractivity contribution in [1.82, 2.24) is 9.62 Å². The number of halogens is 1. The summed E-state index contributed by atoms with van der Waals surface area (Å²) in [5.41, 5.74) is 0.410. The number of nitrogens with zero attached hydrogens (tertiary/aromatic N) is 1. The second-order valence-electron chi connectivity index (χ2n) is 7.54. The molecule has 3 rings (SSSR count). The summed E-state index contributed by atoms with van der Waals surface area (Å²) in [6.45, 7) is 3.67. The maximum absolute atomic E-state index is 13.1. The van der Waals surface area contributed by atoms with Crippen molar-refractivity contribution in [3.8, 4) is 5.75 Å². The third kappa shape index (κ3) is 6.21. The molecule has 0 saturated carbocycles. The first kappa shape index (κ1) is 23.6. The van der Waals surface area contributed by atoms with Crippen molar-refractivity contribution >= 4 is 27.7 Å². The van der Waals surface area contributed by atoms with Crippen molar-refractivity contribution in [2.75, 3.05) is 32.5 Å². The van der Waals surface area contributed by atoms with Gasteiger partial charge in [0.2, 0.25) is 10.0 Å². The highest BCUT2D eigenvalue weighted by molar-refractivity contribution is 7.98. The number of sulfonamides is 1. The average molecular weight is 467 g/mol. The lowest BCUT2D eigenvalue weighted by Crippen LogP contribution is -2.38. The van der Waals surface area contributed by atoms with Crippen molar-refractivity contribution < 1.29 is 22.3 Å². The molecule has 2 aromatic carbocycles. The first-order valence-corrected chi connectivity index (χ1v) is 12.9. The SMILES string of the molecule is CSc1ccc(S(=O)(=O)NCCOc2ccc(F)cc2)cc1C(=O)N1CCC(C)CC1. The minimum Gasteiger partial charge on any atom is -0.492 e. The zero-order chi connectivity index (χ0) is 22.4. The summed E-state index contributed by atoms with van der Waals surface area (Å²) >= 11 is 1.42. The van der Waals surface area contributed by atoms with Gasteiger partial charge in [0, 0.05) is 24.5 Å². The van der Waals surface area contributed by atoms with Crippen molar-refractivity contribution in [3.05, 3.63) is 53.8 Å². The van der Waals surface area contributed by atoms with Gasteiger partial charge in [-0.25, -0.2) is 17.5 Å². The molecule has 0 atom stereocenters. The molecule has 1 amide bonds. The number of benzene rings is 2. The fourth-order valence-corrected chi connectivity index (χ4v) is 4.97. The molecule has 1 N–H and O–H groups in total. The van der Waals surface area contributed by atoms with Gasteiger partial charge in [-0.15, -0.1) is 11.8 Å². The van der Waals surface area contributed by atoms with E-state index in [9.17, 15) is 17.6 Å². The number of ether oxygens (including phenoxy) is 1. The van der Waals surface area contributed by atoms with Crippen LogP contribution in [0.1, 0.15) is 30.1 Å². The quantitative estimate of drug-likeness (QED) is 0.473. The summed E-state index contributed by atoms with van der Waals surface area (Å²) in [4.78, 5) is 15.7. The molecular formula is C22H27FN2O4S2. The van der Waals surface area contributed by atoms with Gasteiger partial charge in [0.1, 0.15) is 18.2 Å². The lowest BCUT2D eigenvalue weighted by Gasteiger charge is -2.30. The van der Waals surface area contributed by atoms with Crippen molar-refractivity contribution in [3.63, 3.8) is 0 Å². The van der Waals surface area contributed by atoms with Gasteiger partial charge in [-0.2, -0.15) is 0 Å². The molecule has 168 valence electrons. The third-order valence-corrected chi connectivity index (χ3v) is 7.51. The number of hydrogen-bond donors (Lipinski definition) is 1. The molecule has 1 saturated heterocycles. The first-order chi connectivity index (χ1) is 14.8. The van der Waals surface area contributed by atoms with E-state index in [0.29, 0.717) is 30.3 Å². The highest BCUT2D eigenvalue weighted by Crippen LogP contribution is 2.27. The molecule has 31 heavy (non-hydrogen) atoms. The number of piperidine rings is 1. The molecule has 0 aliphatic carbocycles. The van der Waals surface area contributed by atoms with Crippen LogP contribution in [0.4, 0.5) is 4.39 Å². The lowest BCUT2D eigenvalue weighted by atomic mass is 9.98. The molecule has 9 heteroatoms. The van der Waals surface area contributed by atoms with E-state index in [0.717, 1.165) is 17.7 Å².